The van der Waals surface area contributed by atoms with Gasteiger partial charge >= 0.3 is 6.18 Å². The summed E-state index contributed by atoms with van der Waals surface area (Å²) in [6.45, 7) is 1.07. The summed E-state index contributed by atoms with van der Waals surface area (Å²) in [7, 11) is 5.26. The van der Waals surface area contributed by atoms with Gasteiger partial charge in [-0.25, -0.2) is 0 Å². The zero-order valence-corrected chi connectivity index (χ0v) is 22.0. The van der Waals surface area contributed by atoms with Crippen molar-refractivity contribution >= 4 is 29.1 Å². The molecule has 0 spiro atoms. The second-order valence-corrected chi connectivity index (χ2v) is 10.1. The van der Waals surface area contributed by atoms with Crippen LogP contribution in [0.3, 0.4) is 0 Å². The number of aliphatic hydroxyl groups is 1. The Morgan fingerprint density at radius 2 is 1.68 bits per heavy atom. The minimum absolute atomic E-state index is 0.165. The Morgan fingerprint density at radius 3 is 2.22 bits per heavy atom. The summed E-state index contributed by atoms with van der Waals surface area (Å²) in [5.41, 5.74) is -2.71. The first-order valence-electron chi connectivity index (χ1n) is 12.2. The van der Waals surface area contributed by atoms with Gasteiger partial charge in [-0.2, -0.15) is 13.2 Å². The molecular formula is C27H33ClF3N3O3. The minimum Gasteiger partial charge on any atom is -0.375 e. The van der Waals surface area contributed by atoms with Crippen LogP contribution in [0.2, 0.25) is 5.02 Å². The second kappa shape index (κ2) is 11.7. The maximum atomic E-state index is 13.8. The van der Waals surface area contributed by atoms with E-state index in [4.69, 9.17) is 11.6 Å². The molecule has 3 rings (SSSR count). The van der Waals surface area contributed by atoms with Gasteiger partial charge in [-0.05, 0) is 49.8 Å². The Balaban J connectivity index is 1.52. The van der Waals surface area contributed by atoms with E-state index in [2.05, 4.69) is 0 Å². The van der Waals surface area contributed by atoms with Gasteiger partial charge in [0.1, 0.15) is 0 Å². The quantitative estimate of drug-likeness (QED) is 0.516. The molecule has 0 aliphatic carbocycles. The van der Waals surface area contributed by atoms with Gasteiger partial charge in [0.05, 0.1) is 10.6 Å². The number of anilines is 1. The summed E-state index contributed by atoms with van der Waals surface area (Å²) in [5, 5.41) is 10.9. The lowest BCUT2D eigenvalue weighted by molar-refractivity contribution is -0.262. The highest BCUT2D eigenvalue weighted by atomic mass is 35.5. The van der Waals surface area contributed by atoms with Crippen molar-refractivity contribution in [2.24, 2.45) is 5.92 Å². The van der Waals surface area contributed by atoms with Crippen LogP contribution in [0.15, 0.2) is 48.5 Å². The molecule has 1 atom stereocenters. The van der Waals surface area contributed by atoms with Crippen molar-refractivity contribution in [3.63, 3.8) is 0 Å². The highest BCUT2D eigenvalue weighted by molar-refractivity contribution is 6.34. The van der Waals surface area contributed by atoms with Gasteiger partial charge in [0.15, 0.2) is 0 Å². The molecule has 0 bridgehead atoms. The summed E-state index contributed by atoms with van der Waals surface area (Å²) < 4.78 is 41.5. The van der Waals surface area contributed by atoms with Crippen LogP contribution in [0.4, 0.5) is 18.9 Å². The number of benzene rings is 2. The highest BCUT2D eigenvalue weighted by Crippen LogP contribution is 2.41. The molecule has 0 saturated carbocycles. The van der Waals surface area contributed by atoms with E-state index in [0.717, 1.165) is 42.1 Å². The van der Waals surface area contributed by atoms with Crippen molar-refractivity contribution < 1.29 is 27.9 Å². The Labute approximate surface area is 220 Å². The molecule has 2 amide bonds. The third-order valence-electron chi connectivity index (χ3n) is 6.95. The number of likely N-dealkylation sites (tertiary alicyclic amines) is 1. The number of nitrogens with zero attached hydrogens (tertiary/aromatic N) is 3. The average molecular weight is 540 g/mol. The number of piperidine rings is 1. The van der Waals surface area contributed by atoms with E-state index in [1.165, 1.54) is 23.1 Å². The number of rotatable bonds is 8. The van der Waals surface area contributed by atoms with E-state index in [-0.39, 0.29) is 24.9 Å². The third-order valence-corrected chi connectivity index (χ3v) is 7.26. The van der Waals surface area contributed by atoms with Crippen LogP contribution in [-0.2, 0) is 10.4 Å². The molecule has 2 aromatic rings. The van der Waals surface area contributed by atoms with Crippen molar-refractivity contribution in [3.8, 4) is 0 Å². The lowest BCUT2D eigenvalue weighted by atomic mass is 9.88. The number of carbonyl (C=O) groups is 2. The van der Waals surface area contributed by atoms with E-state index >= 15 is 0 Å². The van der Waals surface area contributed by atoms with Crippen LogP contribution in [0.25, 0.3) is 0 Å². The van der Waals surface area contributed by atoms with Crippen LogP contribution in [0.5, 0.6) is 0 Å². The second-order valence-electron chi connectivity index (χ2n) is 9.74. The number of alkyl halides is 3. The molecule has 1 heterocycles. The fourth-order valence-electron chi connectivity index (χ4n) is 4.64. The zero-order chi connectivity index (χ0) is 27.4. The lowest BCUT2D eigenvalue weighted by Gasteiger charge is -2.38. The number of hydrogen-bond donors (Lipinski definition) is 1. The molecule has 1 saturated heterocycles. The van der Waals surface area contributed by atoms with Gasteiger partial charge in [0.2, 0.25) is 0 Å². The largest absolute Gasteiger partial charge is 0.430 e. The number of carbonyl (C=O) groups excluding carboxylic acids is 2. The number of hydrogen-bond acceptors (Lipinski definition) is 4. The first-order valence-corrected chi connectivity index (χ1v) is 12.6. The van der Waals surface area contributed by atoms with Gasteiger partial charge in [0, 0.05) is 52.0 Å². The van der Waals surface area contributed by atoms with Gasteiger partial charge in [-0.15, -0.1) is 0 Å². The molecule has 202 valence electrons. The summed E-state index contributed by atoms with van der Waals surface area (Å²) in [5.74, 6) is -1.21. The van der Waals surface area contributed by atoms with Crippen LogP contribution < -0.4 is 4.90 Å². The molecule has 0 unspecified atom stereocenters. The Bertz CT molecular complexity index is 1090. The molecular weight excluding hydrogens is 507 g/mol. The van der Waals surface area contributed by atoms with Gasteiger partial charge in [0.25, 0.3) is 17.4 Å². The summed E-state index contributed by atoms with van der Waals surface area (Å²) in [6.07, 6.45) is -2.27. The van der Waals surface area contributed by atoms with Crippen LogP contribution >= 0.6 is 11.6 Å². The standard InChI is InChI=1S/C27H33ClF3N3O3/c1-32(2)24(35)22-12-11-21(18-23(22)28)33(3)15-7-8-19-13-16-34(17-14-19)25(36)26(37,27(29,30)31)20-9-5-4-6-10-20/h4-6,9-12,18-19,37H,7-8,13-17H2,1-3H3/t26-/m0/s1. The van der Waals surface area contributed by atoms with Crippen LogP contribution in [-0.4, -0.2) is 73.7 Å². The Kier molecular flexibility index (Phi) is 9.13. The first kappa shape index (κ1) is 28.8. The molecule has 6 nitrogen and oxygen atoms in total. The summed E-state index contributed by atoms with van der Waals surface area (Å²) in [6, 6.07) is 11.8. The fourth-order valence-corrected chi connectivity index (χ4v) is 4.90. The van der Waals surface area contributed by atoms with E-state index in [0.29, 0.717) is 23.4 Å². The molecule has 1 fully saturated rings. The Morgan fingerprint density at radius 1 is 1.05 bits per heavy atom. The van der Waals surface area contributed by atoms with Crippen molar-refractivity contribution in [2.75, 3.05) is 45.7 Å². The molecule has 37 heavy (non-hydrogen) atoms. The topological polar surface area (TPSA) is 64.1 Å². The lowest BCUT2D eigenvalue weighted by Crippen LogP contribution is -2.57. The van der Waals surface area contributed by atoms with Crippen molar-refractivity contribution in [1.82, 2.24) is 9.80 Å². The molecule has 10 heteroatoms. The molecule has 0 aromatic heterocycles. The molecule has 1 aliphatic rings. The Hall–Kier alpha value is -2.78. The zero-order valence-electron chi connectivity index (χ0n) is 21.3. The van der Waals surface area contributed by atoms with E-state index in [1.807, 2.05) is 18.0 Å². The predicted molar refractivity (Wildman–Crippen MR) is 138 cm³/mol. The van der Waals surface area contributed by atoms with Gasteiger partial charge < -0.3 is 19.8 Å². The van der Waals surface area contributed by atoms with Crippen molar-refractivity contribution in [1.29, 1.82) is 0 Å². The maximum absolute atomic E-state index is 13.8. The van der Waals surface area contributed by atoms with E-state index in [1.54, 1.807) is 26.2 Å². The third kappa shape index (κ3) is 6.38. The van der Waals surface area contributed by atoms with E-state index < -0.39 is 23.2 Å². The SMILES string of the molecule is CN(C)C(=O)c1ccc(N(C)CCCC2CCN(C(=O)[C@@](O)(c3ccccc3)C(F)(F)F)CC2)cc1Cl. The maximum Gasteiger partial charge on any atom is 0.430 e. The van der Waals surface area contributed by atoms with Gasteiger partial charge in [-0.3, -0.25) is 9.59 Å². The average Bonchev–Trinajstić information content (AvgIpc) is 2.87. The molecule has 1 N–H and O–H groups in total. The van der Waals surface area contributed by atoms with Crippen LogP contribution in [0.1, 0.15) is 41.6 Å². The normalized spacial score (nSPS) is 16.3. The summed E-state index contributed by atoms with van der Waals surface area (Å²) in [4.78, 5) is 29.7. The fraction of sp³-hybridized carbons (Fsp3) is 0.481. The monoisotopic (exact) mass is 539 g/mol. The molecule has 2 aromatic carbocycles. The van der Waals surface area contributed by atoms with Gasteiger partial charge in [-0.1, -0.05) is 41.9 Å². The number of halogens is 4. The van der Waals surface area contributed by atoms with Crippen molar-refractivity contribution in [3.05, 3.63) is 64.7 Å². The van der Waals surface area contributed by atoms with E-state index in [9.17, 15) is 27.9 Å². The van der Waals surface area contributed by atoms with Crippen molar-refractivity contribution in [2.45, 2.75) is 37.5 Å². The molecule has 1 aliphatic heterocycles. The summed E-state index contributed by atoms with van der Waals surface area (Å²) >= 11 is 6.31. The highest BCUT2D eigenvalue weighted by Gasteiger charge is 2.62. The first-order chi connectivity index (χ1) is 17.4. The molecule has 0 radical (unpaired) electrons. The number of amides is 2. The minimum atomic E-state index is -5.13. The predicted octanol–water partition coefficient (Wildman–Crippen LogP) is 4.95. The smallest absolute Gasteiger partial charge is 0.375 e. The van der Waals surface area contributed by atoms with Crippen LogP contribution in [0, 0.1) is 5.92 Å².